The van der Waals surface area contributed by atoms with Gasteiger partial charge in [-0.05, 0) is 50.3 Å². The molecule has 0 spiro atoms. The van der Waals surface area contributed by atoms with Crippen LogP contribution in [0.5, 0.6) is 0 Å². The van der Waals surface area contributed by atoms with Gasteiger partial charge >= 0.3 is 12.0 Å². The van der Waals surface area contributed by atoms with Crippen molar-refractivity contribution in [1.29, 1.82) is 0 Å². The molecule has 1 heterocycles. The van der Waals surface area contributed by atoms with Gasteiger partial charge in [-0.3, -0.25) is 9.69 Å². The lowest BCUT2D eigenvalue weighted by Gasteiger charge is -2.42. The van der Waals surface area contributed by atoms with Crippen molar-refractivity contribution in [3.8, 4) is 0 Å². The Morgan fingerprint density at radius 2 is 2.16 bits per heavy atom. The summed E-state index contributed by atoms with van der Waals surface area (Å²) in [7, 11) is 0. The smallest absolute Gasteiger partial charge is 0.317 e. The van der Waals surface area contributed by atoms with Crippen molar-refractivity contribution in [3.05, 3.63) is 20.8 Å². The molecule has 2 aliphatic carbocycles. The Hall–Kier alpha value is -1.31. The molecule has 1 aromatic heterocycles. The van der Waals surface area contributed by atoms with E-state index in [1.54, 1.807) is 11.3 Å². The third-order valence-electron chi connectivity index (χ3n) is 5.10. The third-order valence-corrected chi connectivity index (χ3v) is 6.44. The van der Waals surface area contributed by atoms with Crippen LogP contribution >= 0.6 is 22.9 Å². The van der Waals surface area contributed by atoms with Crippen molar-refractivity contribution in [3.63, 3.8) is 0 Å². The highest BCUT2D eigenvalue weighted by Gasteiger charge is 2.35. The number of carbonyl (C=O) groups is 2. The maximum atomic E-state index is 12.3. The number of fused-ring (bicyclic) bond motifs is 1. The minimum atomic E-state index is -0.807. The van der Waals surface area contributed by atoms with E-state index in [1.807, 2.05) is 17.9 Å². The van der Waals surface area contributed by atoms with Crippen LogP contribution in [0.2, 0.25) is 4.34 Å². The van der Waals surface area contributed by atoms with Gasteiger partial charge in [0, 0.05) is 17.0 Å². The fourth-order valence-electron chi connectivity index (χ4n) is 3.73. The fraction of sp³-hybridized carbons (Fsp3) is 0.647. The number of carboxylic acids is 1. The van der Waals surface area contributed by atoms with E-state index < -0.39 is 5.97 Å². The quantitative estimate of drug-likeness (QED) is 0.703. The van der Waals surface area contributed by atoms with Gasteiger partial charge in [-0.25, -0.2) is 4.79 Å². The van der Waals surface area contributed by atoms with E-state index in [0.717, 1.165) is 42.0 Å². The maximum Gasteiger partial charge on any atom is 0.317 e. The Kier molecular flexibility index (Phi) is 5.86. The molecule has 8 heteroatoms. The van der Waals surface area contributed by atoms with Gasteiger partial charge in [0.1, 0.15) is 0 Å². The van der Waals surface area contributed by atoms with Crippen LogP contribution < -0.4 is 10.6 Å². The number of nitrogens with one attached hydrogen (secondary N) is 2. The monoisotopic (exact) mass is 385 g/mol. The van der Waals surface area contributed by atoms with E-state index in [9.17, 15) is 9.59 Å². The average Bonchev–Trinajstić information content (AvgIpc) is 2.89. The van der Waals surface area contributed by atoms with E-state index in [-0.39, 0.29) is 30.7 Å². The molecule has 0 bridgehead atoms. The molecule has 2 aliphatic rings. The molecule has 25 heavy (non-hydrogen) atoms. The number of thiophene rings is 1. The predicted molar refractivity (Wildman–Crippen MR) is 98.4 cm³/mol. The lowest BCUT2D eigenvalue weighted by molar-refractivity contribution is -0.139. The number of rotatable bonds is 6. The zero-order valence-electron chi connectivity index (χ0n) is 14.3. The topological polar surface area (TPSA) is 81.7 Å². The first kappa shape index (κ1) is 18.5. The maximum absolute atomic E-state index is 12.3. The summed E-state index contributed by atoms with van der Waals surface area (Å²) in [6, 6.07) is 2.20. The van der Waals surface area contributed by atoms with Gasteiger partial charge in [0.2, 0.25) is 0 Å². The SMILES string of the molecule is CCN(CC(=O)O)C1CC(NC(=O)NC2CCCc3sc(Cl)cc32)C1. The van der Waals surface area contributed by atoms with E-state index in [4.69, 9.17) is 16.7 Å². The van der Waals surface area contributed by atoms with Crippen molar-refractivity contribution in [2.45, 2.75) is 57.2 Å². The first-order valence-corrected chi connectivity index (χ1v) is 9.96. The lowest BCUT2D eigenvalue weighted by atomic mass is 9.85. The van der Waals surface area contributed by atoms with Crippen molar-refractivity contribution in [2.75, 3.05) is 13.1 Å². The first-order valence-electron chi connectivity index (χ1n) is 8.77. The van der Waals surface area contributed by atoms with E-state index in [2.05, 4.69) is 10.6 Å². The van der Waals surface area contributed by atoms with Crippen LogP contribution in [0.15, 0.2) is 6.07 Å². The summed E-state index contributed by atoms with van der Waals surface area (Å²) in [6.07, 6.45) is 4.63. The van der Waals surface area contributed by atoms with Crippen LogP contribution in [0.1, 0.15) is 49.1 Å². The minimum absolute atomic E-state index is 0.0301. The zero-order chi connectivity index (χ0) is 18.0. The largest absolute Gasteiger partial charge is 0.480 e. The van der Waals surface area contributed by atoms with Crippen molar-refractivity contribution >= 4 is 34.9 Å². The molecule has 1 saturated carbocycles. The second kappa shape index (κ2) is 7.93. The summed E-state index contributed by atoms with van der Waals surface area (Å²) in [4.78, 5) is 26.4. The molecule has 6 nitrogen and oxygen atoms in total. The Bertz CT molecular complexity index is 645. The standard InChI is InChI=1S/C17H24ClN3O3S/c1-2-21(9-16(22)23)11-6-10(7-11)19-17(24)20-13-4-3-5-14-12(13)8-15(18)25-14/h8,10-11,13H,2-7,9H2,1H3,(H,22,23)(H2,19,20,24). The van der Waals surface area contributed by atoms with Gasteiger partial charge in [0.05, 0.1) is 16.9 Å². The van der Waals surface area contributed by atoms with Gasteiger partial charge < -0.3 is 15.7 Å². The number of urea groups is 1. The number of hydrogen-bond acceptors (Lipinski definition) is 4. The van der Waals surface area contributed by atoms with Crippen molar-refractivity contribution in [1.82, 2.24) is 15.5 Å². The number of nitrogens with zero attached hydrogens (tertiary/aromatic N) is 1. The number of amides is 2. The molecular formula is C17H24ClN3O3S. The normalized spacial score (nSPS) is 25.2. The van der Waals surface area contributed by atoms with Crippen LogP contribution in [-0.4, -0.2) is 47.2 Å². The molecule has 1 unspecified atom stereocenters. The molecule has 0 aromatic carbocycles. The van der Waals surface area contributed by atoms with Gasteiger partial charge in [-0.2, -0.15) is 0 Å². The average molecular weight is 386 g/mol. The van der Waals surface area contributed by atoms with Crippen LogP contribution in [0.4, 0.5) is 4.79 Å². The number of aliphatic carboxylic acids is 1. The number of likely N-dealkylation sites (N-methyl/N-ethyl adjacent to an activating group) is 1. The Morgan fingerprint density at radius 1 is 1.40 bits per heavy atom. The summed E-state index contributed by atoms with van der Waals surface area (Å²) in [5.41, 5.74) is 1.15. The van der Waals surface area contributed by atoms with Crippen molar-refractivity contribution < 1.29 is 14.7 Å². The number of halogens is 1. The van der Waals surface area contributed by atoms with Gasteiger partial charge in [-0.15, -0.1) is 11.3 Å². The van der Waals surface area contributed by atoms with Gasteiger partial charge in [0.25, 0.3) is 0 Å². The molecule has 0 saturated heterocycles. The fourth-order valence-corrected chi connectivity index (χ4v) is 5.12. The van der Waals surface area contributed by atoms with E-state index in [1.165, 1.54) is 4.88 Å². The molecule has 138 valence electrons. The summed E-state index contributed by atoms with van der Waals surface area (Å²) in [5.74, 6) is -0.807. The highest BCUT2D eigenvalue weighted by atomic mass is 35.5. The summed E-state index contributed by atoms with van der Waals surface area (Å²) in [6.45, 7) is 2.73. The highest BCUT2D eigenvalue weighted by Crippen LogP contribution is 2.37. The highest BCUT2D eigenvalue weighted by molar-refractivity contribution is 7.16. The van der Waals surface area contributed by atoms with Crippen LogP contribution in [0.3, 0.4) is 0 Å². The van der Waals surface area contributed by atoms with E-state index >= 15 is 0 Å². The van der Waals surface area contributed by atoms with Gasteiger partial charge in [0.15, 0.2) is 0 Å². The number of carboxylic acid groups (broad SMARTS) is 1. The molecule has 1 fully saturated rings. The van der Waals surface area contributed by atoms with E-state index in [0.29, 0.717) is 6.54 Å². The number of carbonyl (C=O) groups excluding carboxylic acids is 1. The second-order valence-electron chi connectivity index (χ2n) is 6.77. The van der Waals surface area contributed by atoms with Crippen LogP contribution in [0, 0.1) is 0 Å². The van der Waals surface area contributed by atoms with Crippen LogP contribution in [-0.2, 0) is 11.2 Å². The number of hydrogen-bond donors (Lipinski definition) is 3. The molecule has 2 amide bonds. The predicted octanol–water partition coefficient (Wildman–Crippen LogP) is 3.02. The molecule has 3 rings (SSSR count). The molecule has 3 N–H and O–H groups in total. The molecule has 1 atom stereocenters. The first-order chi connectivity index (χ1) is 12.0. The minimum Gasteiger partial charge on any atom is -0.480 e. The number of aryl methyl sites for hydroxylation is 1. The van der Waals surface area contributed by atoms with Gasteiger partial charge in [-0.1, -0.05) is 18.5 Å². The molecule has 0 aliphatic heterocycles. The second-order valence-corrected chi connectivity index (χ2v) is 8.54. The Balaban J connectivity index is 1.46. The summed E-state index contributed by atoms with van der Waals surface area (Å²) in [5, 5.41) is 15.0. The van der Waals surface area contributed by atoms with Crippen LogP contribution in [0.25, 0.3) is 0 Å². The zero-order valence-corrected chi connectivity index (χ0v) is 15.8. The Morgan fingerprint density at radius 3 is 2.84 bits per heavy atom. The molecular weight excluding hydrogens is 362 g/mol. The summed E-state index contributed by atoms with van der Waals surface area (Å²) < 4.78 is 0.777. The lowest BCUT2D eigenvalue weighted by Crippen LogP contribution is -2.56. The summed E-state index contributed by atoms with van der Waals surface area (Å²) >= 11 is 7.71. The Labute approximate surface area is 156 Å². The van der Waals surface area contributed by atoms with Crippen molar-refractivity contribution in [2.24, 2.45) is 0 Å². The molecule has 0 radical (unpaired) electrons. The molecule has 1 aromatic rings. The third kappa shape index (κ3) is 4.46.